The van der Waals surface area contributed by atoms with Crippen LogP contribution in [-0.4, -0.2) is 12.0 Å². The summed E-state index contributed by atoms with van der Waals surface area (Å²) in [7, 11) is 0. The predicted molar refractivity (Wildman–Crippen MR) is 15.4 cm³/mol. The summed E-state index contributed by atoms with van der Waals surface area (Å²) < 4.78 is 0. The molecule has 0 saturated carbocycles. The van der Waals surface area contributed by atoms with Gasteiger partial charge < -0.3 is 11.2 Å². The van der Waals surface area contributed by atoms with Crippen molar-refractivity contribution in [2.45, 2.75) is 6.92 Å². The van der Waals surface area contributed by atoms with Crippen molar-refractivity contribution >= 4 is 0 Å². The molecule has 0 rings (SSSR count). The van der Waals surface area contributed by atoms with E-state index < -0.39 is 0 Å². The maximum absolute atomic E-state index is 3.49. The van der Waals surface area contributed by atoms with Crippen molar-refractivity contribution in [3.8, 4) is 0 Å². The summed E-state index contributed by atoms with van der Waals surface area (Å²) in [4.78, 5) is 0. The Morgan fingerprint density at radius 2 is 1.75 bits per heavy atom. The van der Waals surface area contributed by atoms with Crippen LogP contribution in [0.5, 0.6) is 0 Å². The zero-order valence-electron chi connectivity index (χ0n) is 2.86. The van der Waals surface area contributed by atoms with Crippen LogP contribution >= 0.6 is 0 Å². The van der Waals surface area contributed by atoms with E-state index in [2.05, 4.69) is 5.73 Å². The van der Waals surface area contributed by atoms with E-state index in [0.717, 1.165) is 6.54 Å². The van der Waals surface area contributed by atoms with Gasteiger partial charge in [-0.1, -0.05) is 0 Å². The summed E-state index contributed by atoms with van der Waals surface area (Å²) >= 11 is 0. The maximum Gasteiger partial charge on any atom is 0.0711 e. The normalized spacial score (nSPS) is 4.50. The topological polar surface area (TPSA) is 57.6 Å². The van der Waals surface area contributed by atoms with Crippen LogP contribution in [0.4, 0.5) is 0 Å². The Hall–Kier alpha value is -0.0800. The molecule has 0 aliphatic heterocycles. The van der Waals surface area contributed by atoms with Crippen LogP contribution in [0.15, 0.2) is 0 Å². The lowest BCUT2D eigenvalue weighted by Crippen LogP contribution is -2.48. The van der Waals surface area contributed by atoms with Crippen molar-refractivity contribution in [3.05, 3.63) is 0 Å². The number of hydrogen-bond donors (Lipinski definition) is 1. The van der Waals surface area contributed by atoms with Crippen LogP contribution in [0.3, 0.4) is 0 Å². The molecule has 0 heterocycles. The van der Waals surface area contributed by atoms with E-state index in [1.54, 1.807) is 0 Å². The quantitative estimate of drug-likeness (QED) is 0.388. The molecular weight excluding hydrogens is 54.0 g/mol. The first kappa shape index (κ1) is 9.07. The Morgan fingerprint density at radius 1 is 1.75 bits per heavy atom. The Balaban J connectivity index is 0. The van der Waals surface area contributed by atoms with Gasteiger partial charge in [0, 0.05) is 0 Å². The van der Waals surface area contributed by atoms with Gasteiger partial charge in [-0.15, -0.1) is 0 Å². The molecular formula is C2H9NO. The van der Waals surface area contributed by atoms with Gasteiger partial charge >= 0.3 is 0 Å². The summed E-state index contributed by atoms with van der Waals surface area (Å²) in [6.07, 6.45) is 0. The van der Waals surface area contributed by atoms with Crippen LogP contribution in [0.2, 0.25) is 0 Å². The van der Waals surface area contributed by atoms with Crippen molar-refractivity contribution in [2.75, 3.05) is 6.54 Å². The van der Waals surface area contributed by atoms with Gasteiger partial charge in [0.25, 0.3) is 0 Å². The highest BCUT2D eigenvalue weighted by Crippen LogP contribution is 1.13. The molecule has 0 spiro atoms. The zero-order chi connectivity index (χ0) is 2.71. The summed E-state index contributed by atoms with van der Waals surface area (Å²) in [5.74, 6) is 0. The van der Waals surface area contributed by atoms with E-state index >= 15 is 0 Å². The van der Waals surface area contributed by atoms with Crippen molar-refractivity contribution < 1.29 is 11.2 Å². The highest BCUT2D eigenvalue weighted by molar-refractivity contribution is 3.79. The number of quaternary nitrogens is 1. The van der Waals surface area contributed by atoms with Crippen LogP contribution in [0.25, 0.3) is 0 Å². The minimum absolute atomic E-state index is 0. The number of rotatable bonds is 0. The lowest BCUT2D eigenvalue weighted by atomic mass is 10.8. The van der Waals surface area contributed by atoms with E-state index in [0.29, 0.717) is 0 Å². The van der Waals surface area contributed by atoms with Gasteiger partial charge in [0.15, 0.2) is 0 Å². The second kappa shape index (κ2) is 12.7. The molecule has 0 saturated heterocycles. The SMILES string of the molecule is CC[NH3+].[OH-]. The van der Waals surface area contributed by atoms with E-state index in [4.69, 9.17) is 0 Å². The third-order valence-corrected chi connectivity index (χ3v) is 0. The molecule has 0 amide bonds. The Morgan fingerprint density at radius 3 is 1.75 bits per heavy atom. The molecule has 4 N–H and O–H groups in total. The van der Waals surface area contributed by atoms with Gasteiger partial charge in [-0.25, -0.2) is 0 Å². The Labute approximate surface area is 25.9 Å². The minimum atomic E-state index is 0. The summed E-state index contributed by atoms with van der Waals surface area (Å²) in [5.41, 5.74) is 3.49. The van der Waals surface area contributed by atoms with Crippen LogP contribution in [0.1, 0.15) is 6.92 Å². The highest BCUT2D eigenvalue weighted by Gasteiger charge is 1.37. The lowest BCUT2D eigenvalue weighted by molar-refractivity contribution is -0.361. The molecule has 0 aliphatic carbocycles. The standard InChI is InChI=1S/C2H7N.H2O/c1-2-3;/h2-3H2,1H3;1H2. The fraction of sp³-hybridized carbons (Fsp3) is 1.00. The monoisotopic (exact) mass is 63.1 g/mol. The summed E-state index contributed by atoms with van der Waals surface area (Å²) in [6, 6.07) is 0. The Kier molecular flexibility index (Phi) is 28.8. The van der Waals surface area contributed by atoms with Crippen molar-refractivity contribution in [1.29, 1.82) is 0 Å². The molecule has 4 heavy (non-hydrogen) atoms. The molecule has 28 valence electrons. The largest absolute Gasteiger partial charge is 0.870 e. The predicted octanol–water partition coefficient (Wildman–Crippen LogP) is -0.929. The van der Waals surface area contributed by atoms with Gasteiger partial charge in [0.05, 0.1) is 6.54 Å². The second-order valence-corrected chi connectivity index (χ2v) is 0.500. The van der Waals surface area contributed by atoms with E-state index in [1.807, 2.05) is 6.92 Å². The number of hydrogen-bond acceptors (Lipinski definition) is 1. The van der Waals surface area contributed by atoms with Gasteiger partial charge in [-0.3, -0.25) is 0 Å². The average Bonchev–Trinajstić information content (AvgIpc) is 0.918. The fourth-order valence-corrected chi connectivity index (χ4v) is 0. The summed E-state index contributed by atoms with van der Waals surface area (Å²) in [5, 5.41) is 0. The van der Waals surface area contributed by atoms with E-state index in [9.17, 15) is 0 Å². The first-order valence-corrected chi connectivity index (χ1v) is 1.21. The molecule has 0 bridgehead atoms. The van der Waals surface area contributed by atoms with Crippen LogP contribution in [-0.2, 0) is 0 Å². The molecule has 0 radical (unpaired) electrons. The highest BCUT2D eigenvalue weighted by atomic mass is 16.0. The van der Waals surface area contributed by atoms with E-state index in [-0.39, 0.29) is 5.48 Å². The van der Waals surface area contributed by atoms with Gasteiger partial charge in [-0.2, -0.15) is 0 Å². The fourth-order valence-electron chi connectivity index (χ4n) is 0. The summed E-state index contributed by atoms with van der Waals surface area (Å²) in [6.45, 7) is 3.01. The molecule has 2 heteroatoms. The molecule has 0 aromatic rings. The third-order valence-electron chi connectivity index (χ3n) is 0. The van der Waals surface area contributed by atoms with Crippen LogP contribution < -0.4 is 5.73 Å². The third kappa shape index (κ3) is 254. The van der Waals surface area contributed by atoms with Crippen molar-refractivity contribution in [1.82, 2.24) is 0 Å². The van der Waals surface area contributed by atoms with Crippen LogP contribution in [0, 0.1) is 0 Å². The zero-order valence-corrected chi connectivity index (χ0v) is 2.86. The smallest absolute Gasteiger partial charge is 0.0711 e. The molecule has 0 aromatic carbocycles. The van der Waals surface area contributed by atoms with Gasteiger partial charge in [-0.05, 0) is 6.92 Å². The molecule has 0 aromatic heterocycles. The molecule has 0 unspecified atom stereocenters. The molecule has 0 aliphatic rings. The molecule has 0 fully saturated rings. The van der Waals surface area contributed by atoms with Gasteiger partial charge in [0.1, 0.15) is 0 Å². The van der Waals surface area contributed by atoms with Gasteiger partial charge in [0.2, 0.25) is 0 Å². The molecule has 2 nitrogen and oxygen atoms in total. The second-order valence-electron chi connectivity index (χ2n) is 0.500. The minimum Gasteiger partial charge on any atom is -0.870 e. The lowest BCUT2D eigenvalue weighted by Gasteiger charge is -1.49. The van der Waals surface area contributed by atoms with Crippen molar-refractivity contribution in [2.24, 2.45) is 0 Å². The van der Waals surface area contributed by atoms with Crippen molar-refractivity contribution in [3.63, 3.8) is 0 Å². The average molecular weight is 63.1 g/mol. The molecule has 0 atom stereocenters. The first-order valence-electron chi connectivity index (χ1n) is 1.21. The van der Waals surface area contributed by atoms with E-state index in [1.165, 1.54) is 0 Å². The first-order chi connectivity index (χ1) is 1.41. The maximum atomic E-state index is 3.49. The Bertz CT molecular complexity index is 6.00.